The molecule has 0 saturated carbocycles. The number of hydrogen-bond acceptors (Lipinski definition) is 2. The van der Waals surface area contributed by atoms with Crippen molar-refractivity contribution >= 4 is 15.9 Å². The van der Waals surface area contributed by atoms with Gasteiger partial charge in [-0.05, 0) is 19.1 Å². The minimum atomic E-state index is -3.44. The number of nitrogens with two attached hydrogens (primary N) is 2. The van der Waals surface area contributed by atoms with Crippen molar-refractivity contribution < 1.29 is 26.2 Å². The van der Waals surface area contributed by atoms with Crippen LogP contribution in [0.25, 0.3) is 0 Å². The summed E-state index contributed by atoms with van der Waals surface area (Å²) in [5, 5.41) is 5.32. The maximum atomic E-state index is 12.1. The minimum absolute atomic E-state index is 0. The lowest BCUT2D eigenvalue weighted by Crippen LogP contribution is -3.00. The van der Waals surface area contributed by atoms with Gasteiger partial charge in [0.05, 0.1) is 11.3 Å². The second-order valence-corrected chi connectivity index (χ2v) is 6.01. The van der Waals surface area contributed by atoms with E-state index in [1.54, 1.807) is 24.3 Å². The standard InChI is InChI=1S/C11H17N3O2S.ClH/c1-9-3-5-10(6-4-9)17(15,16)14(2)8-7-11(12)13;/h3-6H,7-8H2,1-2H3,(H3,12,13);1H. The molecule has 0 amide bonds. The molecule has 102 valence electrons. The van der Waals surface area contributed by atoms with Gasteiger partial charge in [0, 0.05) is 13.6 Å². The highest BCUT2D eigenvalue weighted by molar-refractivity contribution is 7.89. The molecule has 0 bridgehead atoms. The predicted molar refractivity (Wildman–Crippen MR) is 66.7 cm³/mol. The van der Waals surface area contributed by atoms with Crippen molar-refractivity contribution in [3.63, 3.8) is 0 Å². The Balaban J connectivity index is 0.00000289. The first-order valence-corrected chi connectivity index (χ1v) is 6.68. The van der Waals surface area contributed by atoms with Gasteiger partial charge in [0.15, 0.2) is 0 Å². The number of rotatable bonds is 5. The van der Waals surface area contributed by atoms with Crippen LogP contribution in [0.5, 0.6) is 0 Å². The zero-order valence-corrected chi connectivity index (χ0v) is 12.0. The maximum Gasteiger partial charge on any atom is 0.242 e. The van der Waals surface area contributed by atoms with Crippen molar-refractivity contribution in [1.82, 2.24) is 4.31 Å². The number of amidine groups is 1. The van der Waals surface area contributed by atoms with Crippen LogP contribution < -0.4 is 23.5 Å². The lowest BCUT2D eigenvalue weighted by atomic mass is 10.2. The Morgan fingerprint density at radius 2 is 1.83 bits per heavy atom. The van der Waals surface area contributed by atoms with E-state index in [1.807, 2.05) is 6.92 Å². The molecule has 0 aromatic heterocycles. The van der Waals surface area contributed by atoms with E-state index in [2.05, 4.69) is 0 Å². The molecule has 0 atom stereocenters. The monoisotopic (exact) mass is 291 g/mol. The summed E-state index contributed by atoms with van der Waals surface area (Å²) >= 11 is 0. The van der Waals surface area contributed by atoms with Gasteiger partial charge in [0.2, 0.25) is 15.9 Å². The minimum Gasteiger partial charge on any atom is -1.00 e. The normalized spacial score (nSPS) is 11.1. The van der Waals surface area contributed by atoms with Gasteiger partial charge in [0.1, 0.15) is 0 Å². The highest BCUT2D eigenvalue weighted by Crippen LogP contribution is 2.14. The Morgan fingerprint density at radius 1 is 1.33 bits per heavy atom. The smallest absolute Gasteiger partial charge is 0.242 e. The molecule has 0 aliphatic heterocycles. The molecule has 0 saturated heterocycles. The van der Waals surface area contributed by atoms with Crippen molar-refractivity contribution in [1.29, 1.82) is 0 Å². The van der Waals surface area contributed by atoms with Crippen LogP contribution in [0.2, 0.25) is 0 Å². The Labute approximate surface area is 114 Å². The van der Waals surface area contributed by atoms with Gasteiger partial charge < -0.3 is 12.4 Å². The van der Waals surface area contributed by atoms with Crippen LogP contribution in [0.3, 0.4) is 0 Å². The van der Waals surface area contributed by atoms with E-state index in [0.717, 1.165) is 5.56 Å². The zero-order chi connectivity index (χ0) is 13.1. The maximum absolute atomic E-state index is 12.1. The summed E-state index contributed by atoms with van der Waals surface area (Å²) in [6, 6.07) is 6.72. The van der Waals surface area contributed by atoms with Crippen LogP contribution in [0.1, 0.15) is 12.0 Å². The Bertz CT molecular complexity index is 500. The molecule has 1 aromatic carbocycles. The molecule has 0 radical (unpaired) electrons. The summed E-state index contributed by atoms with van der Waals surface area (Å²) in [5.41, 5.74) is 6.34. The Kier molecular flexibility index (Phi) is 6.31. The fourth-order valence-corrected chi connectivity index (χ4v) is 2.47. The molecule has 1 aromatic rings. The van der Waals surface area contributed by atoms with Crippen molar-refractivity contribution in [2.24, 2.45) is 5.73 Å². The molecule has 4 N–H and O–H groups in total. The quantitative estimate of drug-likeness (QED) is 0.430. The largest absolute Gasteiger partial charge is 1.00 e. The molecule has 0 aliphatic carbocycles. The third-order valence-corrected chi connectivity index (χ3v) is 4.32. The van der Waals surface area contributed by atoms with E-state index < -0.39 is 10.0 Å². The van der Waals surface area contributed by atoms with Gasteiger partial charge >= 0.3 is 0 Å². The molecule has 7 heteroatoms. The molecular weight excluding hydrogens is 274 g/mol. The molecule has 0 fully saturated rings. The lowest BCUT2D eigenvalue weighted by molar-refractivity contribution is -0.118. The summed E-state index contributed by atoms with van der Waals surface area (Å²) in [6.07, 6.45) is 0.349. The predicted octanol–water partition coefficient (Wildman–Crippen LogP) is -3.87. The first-order chi connectivity index (χ1) is 7.84. The van der Waals surface area contributed by atoms with Gasteiger partial charge in [-0.2, -0.15) is 0 Å². The van der Waals surface area contributed by atoms with E-state index in [4.69, 9.17) is 11.1 Å². The van der Waals surface area contributed by atoms with Gasteiger partial charge in [-0.15, -0.1) is 0 Å². The second kappa shape index (κ2) is 6.72. The van der Waals surface area contributed by atoms with Crippen LogP contribution in [0, 0.1) is 6.92 Å². The third-order valence-electron chi connectivity index (χ3n) is 2.44. The topological polar surface area (TPSA) is 89.0 Å². The van der Waals surface area contributed by atoms with Gasteiger partial charge in [-0.25, -0.2) is 12.7 Å². The molecule has 0 heterocycles. The van der Waals surface area contributed by atoms with E-state index in [1.165, 1.54) is 11.4 Å². The number of sulfonamides is 1. The SMILES string of the molecule is Cc1ccc(S(=O)(=O)N(C)CCC(N)=[NH2+])cc1.[Cl-]. The van der Waals surface area contributed by atoms with Gasteiger partial charge in [-0.3, -0.25) is 11.1 Å². The third kappa shape index (κ3) is 4.29. The number of benzene rings is 1. The molecule has 18 heavy (non-hydrogen) atoms. The average molecular weight is 292 g/mol. The Hall–Kier alpha value is -1.11. The molecule has 0 unspecified atom stereocenters. The molecule has 5 nitrogen and oxygen atoms in total. The summed E-state index contributed by atoms with van der Waals surface area (Å²) in [6.45, 7) is 2.18. The number of halogens is 1. The summed E-state index contributed by atoms with van der Waals surface area (Å²) in [7, 11) is -1.93. The number of hydrogen-bond donors (Lipinski definition) is 2. The fraction of sp³-hybridized carbons (Fsp3) is 0.364. The summed E-state index contributed by atoms with van der Waals surface area (Å²) in [5.74, 6) is 0.232. The molecule has 0 spiro atoms. The van der Waals surface area contributed by atoms with Crippen molar-refractivity contribution in [3.8, 4) is 0 Å². The van der Waals surface area contributed by atoms with Crippen molar-refractivity contribution in [2.45, 2.75) is 18.2 Å². The van der Waals surface area contributed by atoms with Crippen LogP contribution >= 0.6 is 0 Å². The number of aryl methyl sites for hydroxylation is 1. The summed E-state index contributed by atoms with van der Waals surface area (Å²) < 4.78 is 25.4. The highest BCUT2D eigenvalue weighted by Gasteiger charge is 2.20. The zero-order valence-electron chi connectivity index (χ0n) is 10.4. The molecule has 1 rings (SSSR count). The van der Waals surface area contributed by atoms with Crippen molar-refractivity contribution in [3.05, 3.63) is 29.8 Å². The second-order valence-electron chi connectivity index (χ2n) is 3.96. The van der Waals surface area contributed by atoms with Crippen LogP contribution in [-0.2, 0) is 10.0 Å². The average Bonchev–Trinajstić information content (AvgIpc) is 2.26. The molecular formula is C11H18ClN3O2S. The van der Waals surface area contributed by atoms with Crippen LogP contribution in [-0.4, -0.2) is 32.2 Å². The van der Waals surface area contributed by atoms with Crippen LogP contribution in [0.15, 0.2) is 29.2 Å². The van der Waals surface area contributed by atoms with E-state index in [-0.39, 0.29) is 29.7 Å². The molecule has 0 aliphatic rings. The van der Waals surface area contributed by atoms with Crippen LogP contribution in [0.4, 0.5) is 0 Å². The highest BCUT2D eigenvalue weighted by atomic mass is 35.5. The van der Waals surface area contributed by atoms with Gasteiger partial charge in [-0.1, -0.05) is 17.7 Å². The van der Waals surface area contributed by atoms with Gasteiger partial charge in [0.25, 0.3) is 0 Å². The number of nitrogens with zero attached hydrogens (tertiary/aromatic N) is 1. The first kappa shape index (κ1) is 16.9. The lowest BCUT2D eigenvalue weighted by Gasteiger charge is -2.16. The van der Waals surface area contributed by atoms with E-state index in [0.29, 0.717) is 6.42 Å². The summed E-state index contributed by atoms with van der Waals surface area (Å²) in [4.78, 5) is 0.279. The fourth-order valence-electron chi connectivity index (χ4n) is 1.30. The Morgan fingerprint density at radius 3 is 2.28 bits per heavy atom. The van der Waals surface area contributed by atoms with Crippen molar-refractivity contribution in [2.75, 3.05) is 13.6 Å². The van der Waals surface area contributed by atoms with E-state index in [9.17, 15) is 8.42 Å². The first-order valence-electron chi connectivity index (χ1n) is 5.24. The van der Waals surface area contributed by atoms with E-state index >= 15 is 0 Å².